The molecule has 1 aliphatic rings. The van der Waals surface area contributed by atoms with Crippen molar-refractivity contribution in [2.45, 2.75) is 12.3 Å². The lowest BCUT2D eigenvalue weighted by Gasteiger charge is -2.19. The fourth-order valence-corrected chi connectivity index (χ4v) is 2.96. The average molecular weight is 284 g/mol. The van der Waals surface area contributed by atoms with Crippen molar-refractivity contribution in [2.24, 2.45) is 0 Å². The third kappa shape index (κ3) is 2.79. The molecule has 4 nitrogen and oxygen atoms in total. The predicted octanol–water partition coefficient (Wildman–Crippen LogP) is 3.09. The van der Waals surface area contributed by atoms with Gasteiger partial charge in [-0.05, 0) is 36.8 Å². The maximum atomic E-state index is 5.51. The monoisotopic (exact) mass is 284 g/mol. The van der Waals surface area contributed by atoms with Gasteiger partial charge in [-0.2, -0.15) is 0 Å². The van der Waals surface area contributed by atoms with Crippen LogP contribution in [0.1, 0.15) is 17.9 Å². The van der Waals surface area contributed by atoms with Crippen molar-refractivity contribution in [1.82, 2.24) is 4.98 Å². The van der Waals surface area contributed by atoms with E-state index in [2.05, 4.69) is 28.1 Å². The van der Waals surface area contributed by atoms with E-state index in [9.17, 15) is 0 Å². The molecule has 3 rings (SSSR count). The van der Waals surface area contributed by atoms with Gasteiger partial charge in [0.15, 0.2) is 0 Å². The second kappa shape index (κ2) is 6.04. The van der Waals surface area contributed by atoms with Crippen molar-refractivity contribution < 1.29 is 9.47 Å². The predicted molar refractivity (Wildman–Crippen MR) is 83.4 cm³/mol. The standard InChI is InChI=1S/C17H20N2O2/c1-20-15-3-4-17(21-2)16(11-15)13-7-10-19(12-13)14-5-8-18-9-6-14/h3-6,8-9,11,13H,7,10,12H2,1-2H3. The lowest BCUT2D eigenvalue weighted by molar-refractivity contribution is 0.396. The summed E-state index contributed by atoms with van der Waals surface area (Å²) in [4.78, 5) is 6.47. The molecule has 0 N–H and O–H groups in total. The normalized spacial score (nSPS) is 17.8. The summed E-state index contributed by atoms with van der Waals surface area (Å²) in [5.41, 5.74) is 2.46. The Bertz CT molecular complexity index is 601. The van der Waals surface area contributed by atoms with E-state index in [1.54, 1.807) is 14.2 Å². The first-order valence-corrected chi connectivity index (χ1v) is 7.18. The van der Waals surface area contributed by atoms with Crippen LogP contribution >= 0.6 is 0 Å². The van der Waals surface area contributed by atoms with Crippen LogP contribution in [0, 0.1) is 0 Å². The highest BCUT2D eigenvalue weighted by molar-refractivity contribution is 5.49. The highest BCUT2D eigenvalue weighted by Crippen LogP contribution is 2.37. The Labute approximate surface area is 125 Å². The minimum absolute atomic E-state index is 0.461. The van der Waals surface area contributed by atoms with Crippen molar-refractivity contribution in [3.05, 3.63) is 48.3 Å². The summed E-state index contributed by atoms with van der Waals surface area (Å²) < 4.78 is 10.9. The smallest absolute Gasteiger partial charge is 0.122 e. The van der Waals surface area contributed by atoms with Gasteiger partial charge >= 0.3 is 0 Å². The number of ether oxygens (including phenoxy) is 2. The first-order valence-electron chi connectivity index (χ1n) is 7.18. The molecule has 0 saturated carbocycles. The number of hydrogen-bond acceptors (Lipinski definition) is 4. The summed E-state index contributed by atoms with van der Waals surface area (Å²) in [5, 5.41) is 0. The molecule has 1 aliphatic heterocycles. The van der Waals surface area contributed by atoms with Gasteiger partial charge in [-0.3, -0.25) is 4.98 Å². The second-order valence-electron chi connectivity index (χ2n) is 5.24. The summed E-state index contributed by atoms with van der Waals surface area (Å²) in [7, 11) is 3.42. The van der Waals surface area contributed by atoms with E-state index in [0.717, 1.165) is 31.0 Å². The third-order valence-electron chi connectivity index (χ3n) is 4.09. The Morgan fingerprint density at radius 3 is 2.62 bits per heavy atom. The van der Waals surface area contributed by atoms with Gasteiger partial charge in [-0.15, -0.1) is 0 Å². The van der Waals surface area contributed by atoms with Gasteiger partial charge in [0.1, 0.15) is 11.5 Å². The van der Waals surface area contributed by atoms with Crippen LogP contribution < -0.4 is 14.4 Å². The zero-order valence-electron chi connectivity index (χ0n) is 12.5. The molecule has 0 aliphatic carbocycles. The number of aromatic nitrogens is 1. The molecule has 1 unspecified atom stereocenters. The van der Waals surface area contributed by atoms with Crippen LogP contribution in [0.4, 0.5) is 5.69 Å². The first-order chi connectivity index (χ1) is 10.3. The van der Waals surface area contributed by atoms with Crippen molar-refractivity contribution in [3.63, 3.8) is 0 Å². The molecule has 0 amide bonds. The fraction of sp³-hybridized carbons (Fsp3) is 0.353. The number of pyridine rings is 1. The lowest BCUT2D eigenvalue weighted by atomic mass is 9.97. The SMILES string of the molecule is COc1ccc(OC)c(C2CCN(c3ccncc3)C2)c1. The van der Waals surface area contributed by atoms with E-state index in [1.807, 2.05) is 24.5 Å². The summed E-state index contributed by atoms with van der Waals surface area (Å²) in [6.45, 7) is 2.04. The van der Waals surface area contributed by atoms with Crippen LogP contribution in [-0.2, 0) is 0 Å². The van der Waals surface area contributed by atoms with Crippen LogP contribution in [0.2, 0.25) is 0 Å². The van der Waals surface area contributed by atoms with E-state index in [4.69, 9.17) is 9.47 Å². The largest absolute Gasteiger partial charge is 0.497 e. The molecular formula is C17H20N2O2. The summed E-state index contributed by atoms with van der Waals surface area (Å²) in [6.07, 6.45) is 4.80. The molecule has 1 aromatic carbocycles. The van der Waals surface area contributed by atoms with Crippen molar-refractivity contribution >= 4 is 5.69 Å². The molecule has 2 aromatic rings. The molecule has 4 heteroatoms. The topological polar surface area (TPSA) is 34.6 Å². The molecule has 21 heavy (non-hydrogen) atoms. The molecule has 1 atom stereocenters. The third-order valence-corrected chi connectivity index (χ3v) is 4.09. The number of hydrogen-bond donors (Lipinski definition) is 0. The minimum Gasteiger partial charge on any atom is -0.497 e. The quantitative estimate of drug-likeness (QED) is 0.864. The summed E-state index contributed by atoms with van der Waals surface area (Å²) in [5.74, 6) is 2.29. The highest BCUT2D eigenvalue weighted by atomic mass is 16.5. The van der Waals surface area contributed by atoms with Gasteiger partial charge in [-0.25, -0.2) is 0 Å². The first kappa shape index (κ1) is 13.7. The number of anilines is 1. The Kier molecular flexibility index (Phi) is 3.95. The molecule has 1 saturated heterocycles. The molecule has 110 valence electrons. The van der Waals surface area contributed by atoms with Crippen LogP contribution in [0.5, 0.6) is 11.5 Å². The Morgan fingerprint density at radius 2 is 1.90 bits per heavy atom. The van der Waals surface area contributed by atoms with Gasteiger partial charge < -0.3 is 14.4 Å². The lowest BCUT2D eigenvalue weighted by Crippen LogP contribution is -2.19. The van der Waals surface area contributed by atoms with E-state index in [1.165, 1.54) is 11.3 Å². The molecule has 0 bridgehead atoms. The second-order valence-corrected chi connectivity index (χ2v) is 5.24. The summed E-state index contributed by atoms with van der Waals surface area (Å²) in [6, 6.07) is 10.1. The van der Waals surface area contributed by atoms with Crippen molar-refractivity contribution in [1.29, 1.82) is 0 Å². The minimum atomic E-state index is 0.461. The fourth-order valence-electron chi connectivity index (χ4n) is 2.96. The number of rotatable bonds is 4. The van der Waals surface area contributed by atoms with Crippen molar-refractivity contribution in [2.75, 3.05) is 32.2 Å². The number of benzene rings is 1. The maximum Gasteiger partial charge on any atom is 0.122 e. The van der Waals surface area contributed by atoms with Crippen LogP contribution in [0.15, 0.2) is 42.7 Å². The molecule has 0 radical (unpaired) electrons. The zero-order valence-corrected chi connectivity index (χ0v) is 12.5. The van der Waals surface area contributed by atoms with Gasteiger partial charge in [0, 0.05) is 42.7 Å². The number of methoxy groups -OCH3 is 2. The van der Waals surface area contributed by atoms with Crippen LogP contribution in [0.3, 0.4) is 0 Å². The summed E-state index contributed by atoms with van der Waals surface area (Å²) >= 11 is 0. The van der Waals surface area contributed by atoms with Gasteiger partial charge in [0.2, 0.25) is 0 Å². The Hall–Kier alpha value is -2.23. The average Bonchev–Trinajstić information content (AvgIpc) is 3.05. The molecular weight excluding hydrogens is 264 g/mol. The zero-order chi connectivity index (χ0) is 14.7. The van der Waals surface area contributed by atoms with Crippen LogP contribution in [-0.4, -0.2) is 32.3 Å². The molecule has 0 spiro atoms. The van der Waals surface area contributed by atoms with Crippen LogP contribution in [0.25, 0.3) is 0 Å². The molecule has 1 aromatic heterocycles. The van der Waals surface area contributed by atoms with E-state index >= 15 is 0 Å². The number of nitrogens with zero attached hydrogens (tertiary/aromatic N) is 2. The van der Waals surface area contributed by atoms with E-state index in [0.29, 0.717) is 5.92 Å². The van der Waals surface area contributed by atoms with E-state index in [-0.39, 0.29) is 0 Å². The maximum absolute atomic E-state index is 5.51. The van der Waals surface area contributed by atoms with Gasteiger partial charge in [-0.1, -0.05) is 0 Å². The van der Waals surface area contributed by atoms with Gasteiger partial charge in [0.25, 0.3) is 0 Å². The van der Waals surface area contributed by atoms with E-state index < -0.39 is 0 Å². The Morgan fingerprint density at radius 1 is 1.10 bits per heavy atom. The highest BCUT2D eigenvalue weighted by Gasteiger charge is 2.26. The van der Waals surface area contributed by atoms with Crippen molar-refractivity contribution in [3.8, 4) is 11.5 Å². The van der Waals surface area contributed by atoms with Gasteiger partial charge in [0.05, 0.1) is 14.2 Å². The molecule has 2 heterocycles. The molecule has 1 fully saturated rings. The Balaban J connectivity index is 1.83.